The minimum absolute atomic E-state index is 0. The van der Waals surface area contributed by atoms with E-state index in [2.05, 4.69) is 10.6 Å². The number of rotatable bonds is 7. The van der Waals surface area contributed by atoms with Crippen molar-refractivity contribution in [1.82, 2.24) is 10.6 Å². The van der Waals surface area contributed by atoms with Gasteiger partial charge in [-0.2, -0.15) is 0 Å². The van der Waals surface area contributed by atoms with Crippen LogP contribution in [-0.4, -0.2) is 33.2 Å². The number of halogens is 2. The largest absolute Gasteiger partial charge is 0.493 e. The molecule has 1 fully saturated rings. The summed E-state index contributed by atoms with van der Waals surface area (Å²) in [4.78, 5) is 12.5. The number of amides is 1. The van der Waals surface area contributed by atoms with E-state index in [0.29, 0.717) is 17.4 Å². The summed E-state index contributed by atoms with van der Waals surface area (Å²) in [5, 5.41) is 6.10. The predicted octanol–water partition coefficient (Wildman–Crippen LogP) is 3.35. The molecule has 5 nitrogen and oxygen atoms in total. The van der Waals surface area contributed by atoms with Gasteiger partial charge in [0.25, 0.3) is 5.91 Å². The van der Waals surface area contributed by atoms with Gasteiger partial charge in [-0.15, -0.1) is 12.4 Å². The molecule has 0 aliphatic carbocycles. The monoisotopic (exact) mass is 408 g/mol. The van der Waals surface area contributed by atoms with E-state index in [4.69, 9.17) is 9.47 Å². The molecule has 1 unspecified atom stereocenters. The third-order valence-electron chi connectivity index (χ3n) is 4.89. The third-order valence-corrected chi connectivity index (χ3v) is 4.89. The van der Waals surface area contributed by atoms with Crippen molar-refractivity contribution in [3.05, 3.63) is 58.9 Å². The fourth-order valence-corrected chi connectivity index (χ4v) is 3.46. The molecule has 2 N–H and O–H groups in total. The highest BCUT2D eigenvalue weighted by atomic mass is 35.5. The molecule has 2 aromatic carbocycles. The maximum Gasteiger partial charge on any atom is 0.254 e. The lowest BCUT2D eigenvalue weighted by molar-refractivity contribution is 0.0946. The van der Waals surface area contributed by atoms with Crippen molar-refractivity contribution in [3.63, 3.8) is 0 Å². The van der Waals surface area contributed by atoms with Crippen molar-refractivity contribution < 1.29 is 18.7 Å². The van der Waals surface area contributed by atoms with Crippen molar-refractivity contribution in [1.29, 1.82) is 0 Å². The molecule has 152 valence electrons. The molecule has 0 radical (unpaired) electrons. The van der Waals surface area contributed by atoms with E-state index in [1.165, 1.54) is 6.07 Å². The summed E-state index contributed by atoms with van der Waals surface area (Å²) in [5.41, 5.74) is 1.81. The van der Waals surface area contributed by atoms with Gasteiger partial charge in [0, 0.05) is 12.1 Å². The molecule has 0 aromatic heterocycles. The summed E-state index contributed by atoms with van der Waals surface area (Å²) < 4.78 is 24.8. The zero-order chi connectivity index (χ0) is 19.2. The molecule has 0 bridgehead atoms. The Labute approximate surface area is 171 Å². The molecule has 1 amide bonds. The third kappa shape index (κ3) is 5.14. The minimum Gasteiger partial charge on any atom is -0.493 e. The second kappa shape index (κ2) is 10.3. The van der Waals surface area contributed by atoms with Gasteiger partial charge in [-0.05, 0) is 55.6 Å². The Morgan fingerprint density at radius 2 is 2.07 bits per heavy atom. The lowest BCUT2D eigenvalue weighted by Gasteiger charge is -2.14. The molecule has 28 heavy (non-hydrogen) atoms. The SMILES string of the molecule is COc1cccc(CNC(=O)c2cc(CC3CCNC3)ccc2F)c1OC.Cl. The van der Waals surface area contributed by atoms with E-state index in [0.717, 1.165) is 37.1 Å². The molecule has 0 saturated carbocycles. The first-order valence-corrected chi connectivity index (χ1v) is 9.09. The lowest BCUT2D eigenvalue weighted by Crippen LogP contribution is -2.24. The van der Waals surface area contributed by atoms with E-state index >= 15 is 0 Å². The van der Waals surface area contributed by atoms with Crippen molar-refractivity contribution in [3.8, 4) is 11.5 Å². The van der Waals surface area contributed by atoms with Gasteiger partial charge < -0.3 is 20.1 Å². The highest BCUT2D eigenvalue weighted by Gasteiger charge is 2.18. The standard InChI is InChI=1S/C21H25FN2O3.ClH/c1-26-19-5-3-4-16(20(19)27-2)13-24-21(25)17-11-14(6-7-18(17)22)10-15-8-9-23-12-15;/h3-7,11,15,23H,8-10,12-13H2,1-2H3,(H,24,25);1H. The van der Waals surface area contributed by atoms with E-state index in [1.807, 2.05) is 12.1 Å². The number of carbonyl (C=O) groups excluding carboxylic acids is 1. The van der Waals surface area contributed by atoms with E-state index in [-0.39, 0.29) is 24.5 Å². The zero-order valence-electron chi connectivity index (χ0n) is 16.1. The number of hydrogen-bond donors (Lipinski definition) is 2. The number of para-hydroxylation sites is 1. The van der Waals surface area contributed by atoms with Crippen LogP contribution in [0.2, 0.25) is 0 Å². The number of carbonyl (C=O) groups is 1. The van der Waals surface area contributed by atoms with E-state index in [1.54, 1.807) is 32.4 Å². The first-order valence-electron chi connectivity index (χ1n) is 9.09. The molecule has 1 aliphatic rings. The van der Waals surface area contributed by atoms with Gasteiger partial charge in [0.05, 0.1) is 19.8 Å². The van der Waals surface area contributed by atoms with Crippen LogP contribution in [-0.2, 0) is 13.0 Å². The van der Waals surface area contributed by atoms with Crippen LogP contribution >= 0.6 is 12.4 Å². The number of ether oxygens (including phenoxy) is 2. The molecule has 1 aliphatic heterocycles. The lowest BCUT2D eigenvalue weighted by atomic mass is 9.97. The topological polar surface area (TPSA) is 59.6 Å². The van der Waals surface area contributed by atoms with Crippen molar-refractivity contribution in [2.24, 2.45) is 5.92 Å². The Bertz CT molecular complexity index is 810. The minimum atomic E-state index is -0.515. The highest BCUT2D eigenvalue weighted by Crippen LogP contribution is 2.30. The Hall–Kier alpha value is -2.31. The molecule has 1 atom stereocenters. The van der Waals surface area contributed by atoms with Crippen LogP contribution in [0, 0.1) is 11.7 Å². The predicted molar refractivity (Wildman–Crippen MR) is 109 cm³/mol. The average molecular weight is 409 g/mol. The van der Waals surface area contributed by atoms with Crippen LogP contribution in [0.3, 0.4) is 0 Å². The Morgan fingerprint density at radius 1 is 1.25 bits per heavy atom. The fraction of sp³-hybridized carbons (Fsp3) is 0.381. The summed E-state index contributed by atoms with van der Waals surface area (Å²) in [7, 11) is 3.10. The fourth-order valence-electron chi connectivity index (χ4n) is 3.46. The maximum absolute atomic E-state index is 14.2. The smallest absolute Gasteiger partial charge is 0.254 e. The van der Waals surface area contributed by atoms with Crippen LogP contribution in [0.5, 0.6) is 11.5 Å². The van der Waals surface area contributed by atoms with Crippen molar-refractivity contribution in [2.75, 3.05) is 27.3 Å². The van der Waals surface area contributed by atoms with Crippen LogP contribution in [0.25, 0.3) is 0 Å². The summed E-state index contributed by atoms with van der Waals surface area (Å²) in [6.07, 6.45) is 1.95. The summed E-state index contributed by atoms with van der Waals surface area (Å²) in [5.74, 6) is 0.723. The second-order valence-corrected chi connectivity index (χ2v) is 6.71. The van der Waals surface area contributed by atoms with Gasteiger partial charge in [0.1, 0.15) is 5.82 Å². The first kappa shape index (κ1) is 22.0. The molecule has 3 rings (SSSR count). The quantitative estimate of drug-likeness (QED) is 0.737. The molecular weight excluding hydrogens is 383 g/mol. The van der Waals surface area contributed by atoms with Crippen LogP contribution in [0.15, 0.2) is 36.4 Å². The van der Waals surface area contributed by atoms with Gasteiger partial charge in [-0.3, -0.25) is 4.79 Å². The molecule has 1 saturated heterocycles. The molecule has 0 spiro atoms. The highest BCUT2D eigenvalue weighted by molar-refractivity contribution is 5.94. The van der Waals surface area contributed by atoms with Crippen LogP contribution in [0.1, 0.15) is 27.9 Å². The van der Waals surface area contributed by atoms with Gasteiger partial charge >= 0.3 is 0 Å². The van der Waals surface area contributed by atoms with E-state index in [9.17, 15) is 9.18 Å². The Kier molecular flexibility index (Phi) is 8.08. The zero-order valence-corrected chi connectivity index (χ0v) is 16.9. The first-order chi connectivity index (χ1) is 13.1. The number of hydrogen-bond acceptors (Lipinski definition) is 4. The summed E-state index contributed by atoms with van der Waals surface area (Å²) >= 11 is 0. The molecule has 7 heteroatoms. The summed E-state index contributed by atoms with van der Waals surface area (Å²) in [6, 6.07) is 10.2. The van der Waals surface area contributed by atoms with Crippen molar-refractivity contribution >= 4 is 18.3 Å². The number of nitrogens with one attached hydrogen (secondary N) is 2. The van der Waals surface area contributed by atoms with Gasteiger partial charge in [-0.25, -0.2) is 4.39 Å². The van der Waals surface area contributed by atoms with E-state index < -0.39 is 11.7 Å². The Balaban J connectivity index is 0.00000280. The van der Waals surface area contributed by atoms with Crippen LogP contribution < -0.4 is 20.1 Å². The van der Waals surface area contributed by atoms with Gasteiger partial charge in [-0.1, -0.05) is 18.2 Å². The molecular formula is C21H26ClFN2O3. The average Bonchev–Trinajstić information content (AvgIpc) is 3.20. The molecule has 1 heterocycles. The maximum atomic E-state index is 14.2. The second-order valence-electron chi connectivity index (χ2n) is 6.71. The normalized spacial score (nSPS) is 15.6. The van der Waals surface area contributed by atoms with Crippen molar-refractivity contribution in [2.45, 2.75) is 19.4 Å². The summed E-state index contributed by atoms with van der Waals surface area (Å²) in [6.45, 7) is 2.20. The van der Waals surface area contributed by atoms with Crippen LogP contribution in [0.4, 0.5) is 4.39 Å². The number of methoxy groups -OCH3 is 2. The molecule has 2 aromatic rings. The van der Waals surface area contributed by atoms with Gasteiger partial charge in [0.15, 0.2) is 11.5 Å². The Morgan fingerprint density at radius 3 is 2.75 bits per heavy atom. The number of benzene rings is 2. The van der Waals surface area contributed by atoms with Gasteiger partial charge in [0.2, 0.25) is 0 Å².